The first-order valence-corrected chi connectivity index (χ1v) is 2.93. The van der Waals surface area contributed by atoms with Crippen LogP contribution in [0.5, 0.6) is 0 Å². The monoisotopic (exact) mass is 155 g/mol. The van der Waals surface area contributed by atoms with Gasteiger partial charge in [0.2, 0.25) is 0 Å². The van der Waals surface area contributed by atoms with Crippen LogP contribution in [-0.4, -0.2) is 5.78 Å². The van der Waals surface area contributed by atoms with E-state index in [1.54, 1.807) is 0 Å². The summed E-state index contributed by atoms with van der Waals surface area (Å²) in [7, 11) is 0. The molecule has 0 heterocycles. The van der Waals surface area contributed by atoms with E-state index in [2.05, 4.69) is 6.92 Å². The van der Waals surface area contributed by atoms with Crippen molar-refractivity contribution < 1.29 is 13.6 Å². The first kappa shape index (κ1) is 7.85. The van der Waals surface area contributed by atoms with Crippen LogP contribution in [0.2, 0.25) is 0 Å². The zero-order valence-electron chi connectivity index (χ0n) is 5.60. The van der Waals surface area contributed by atoms with Crippen LogP contribution in [0.1, 0.15) is 10.4 Å². The van der Waals surface area contributed by atoms with E-state index in [0.29, 0.717) is 0 Å². The molecule has 0 atom stereocenters. The number of carbonyl (C=O) groups excluding carboxylic acids is 1. The third kappa shape index (κ3) is 1.42. The van der Waals surface area contributed by atoms with E-state index < -0.39 is 23.0 Å². The van der Waals surface area contributed by atoms with Crippen molar-refractivity contribution in [2.24, 2.45) is 0 Å². The van der Waals surface area contributed by atoms with E-state index in [1.165, 1.54) is 6.07 Å². The first-order valence-electron chi connectivity index (χ1n) is 2.93. The molecule has 1 nitrogen and oxygen atoms in total. The number of ketones is 1. The summed E-state index contributed by atoms with van der Waals surface area (Å²) < 4.78 is 25.2. The second-order valence-electron chi connectivity index (χ2n) is 2.02. The molecule has 0 aliphatic heterocycles. The lowest BCUT2D eigenvalue weighted by Gasteiger charge is -1.97. The Labute approximate surface area is 62.7 Å². The molecule has 3 heteroatoms. The highest BCUT2D eigenvalue weighted by molar-refractivity contribution is 5.99. The average molecular weight is 155 g/mol. The van der Waals surface area contributed by atoms with Gasteiger partial charge >= 0.3 is 0 Å². The quantitative estimate of drug-likeness (QED) is 0.567. The molecular formula is C8H5F2O. The van der Waals surface area contributed by atoms with Gasteiger partial charge in [-0.1, -0.05) is 6.07 Å². The van der Waals surface area contributed by atoms with Crippen molar-refractivity contribution in [3.63, 3.8) is 0 Å². The van der Waals surface area contributed by atoms with E-state index in [1.807, 2.05) is 0 Å². The SMILES string of the molecule is [CH2]C(=O)c1c(F)cccc1F. The summed E-state index contributed by atoms with van der Waals surface area (Å²) >= 11 is 0. The number of halogens is 2. The van der Waals surface area contributed by atoms with Crippen LogP contribution in [0.3, 0.4) is 0 Å². The third-order valence-corrected chi connectivity index (χ3v) is 1.24. The number of Topliss-reactive ketones (excluding diaryl/α,β-unsaturated/α-hetero) is 1. The molecular weight excluding hydrogens is 150 g/mol. The molecule has 0 unspecified atom stereocenters. The van der Waals surface area contributed by atoms with Crippen molar-refractivity contribution >= 4 is 5.78 Å². The van der Waals surface area contributed by atoms with Crippen LogP contribution >= 0.6 is 0 Å². The lowest BCUT2D eigenvalue weighted by Crippen LogP contribution is -2.00. The van der Waals surface area contributed by atoms with Crippen LogP contribution < -0.4 is 0 Å². The summed E-state index contributed by atoms with van der Waals surface area (Å²) in [6, 6.07) is 3.22. The Morgan fingerprint density at radius 3 is 2.00 bits per heavy atom. The van der Waals surface area contributed by atoms with Crippen LogP contribution in [0.4, 0.5) is 8.78 Å². The Balaban J connectivity index is 3.32. The van der Waals surface area contributed by atoms with Crippen molar-refractivity contribution in [2.75, 3.05) is 0 Å². The third-order valence-electron chi connectivity index (χ3n) is 1.24. The van der Waals surface area contributed by atoms with Gasteiger partial charge in [-0.05, 0) is 12.1 Å². The van der Waals surface area contributed by atoms with Crippen molar-refractivity contribution in [3.05, 3.63) is 42.3 Å². The van der Waals surface area contributed by atoms with Gasteiger partial charge in [-0.25, -0.2) is 8.78 Å². The minimum Gasteiger partial charge on any atom is -0.294 e. The highest BCUT2D eigenvalue weighted by Gasteiger charge is 2.11. The van der Waals surface area contributed by atoms with Crippen molar-refractivity contribution in [1.82, 2.24) is 0 Å². The standard InChI is InChI=1S/C8H5F2O/c1-5(11)8-6(9)3-2-4-7(8)10/h2-4H,1H2. The Morgan fingerprint density at radius 1 is 1.27 bits per heavy atom. The minimum absolute atomic E-state index is 0.576. The van der Waals surface area contributed by atoms with Gasteiger partial charge in [-0.15, -0.1) is 0 Å². The summed E-state index contributed by atoms with van der Waals surface area (Å²) in [4.78, 5) is 10.5. The van der Waals surface area contributed by atoms with E-state index in [0.717, 1.165) is 12.1 Å². The predicted molar refractivity (Wildman–Crippen MR) is 36.0 cm³/mol. The largest absolute Gasteiger partial charge is 0.294 e. The highest BCUT2D eigenvalue weighted by atomic mass is 19.1. The fourth-order valence-corrected chi connectivity index (χ4v) is 0.764. The molecule has 0 bridgehead atoms. The molecule has 11 heavy (non-hydrogen) atoms. The summed E-state index contributed by atoms with van der Waals surface area (Å²) in [5, 5.41) is 0. The number of benzene rings is 1. The molecule has 1 aromatic rings. The maximum absolute atomic E-state index is 12.6. The molecule has 0 saturated heterocycles. The molecule has 0 aliphatic rings. The van der Waals surface area contributed by atoms with Gasteiger partial charge in [-0.2, -0.15) is 0 Å². The van der Waals surface area contributed by atoms with Crippen molar-refractivity contribution in [3.8, 4) is 0 Å². The molecule has 1 radical (unpaired) electrons. The molecule has 57 valence electrons. The molecule has 0 spiro atoms. The van der Waals surface area contributed by atoms with Crippen LogP contribution in [0.25, 0.3) is 0 Å². The highest BCUT2D eigenvalue weighted by Crippen LogP contribution is 2.11. The zero-order chi connectivity index (χ0) is 8.43. The van der Waals surface area contributed by atoms with Gasteiger partial charge < -0.3 is 0 Å². The van der Waals surface area contributed by atoms with Gasteiger partial charge in [0.1, 0.15) is 11.6 Å². The van der Waals surface area contributed by atoms with Gasteiger partial charge in [0.05, 0.1) is 5.56 Å². The fourth-order valence-electron chi connectivity index (χ4n) is 0.764. The topological polar surface area (TPSA) is 17.1 Å². The van der Waals surface area contributed by atoms with Gasteiger partial charge in [0.25, 0.3) is 0 Å². The maximum atomic E-state index is 12.6. The molecule has 0 saturated carbocycles. The van der Waals surface area contributed by atoms with Gasteiger partial charge in [0.15, 0.2) is 5.78 Å². The first-order chi connectivity index (χ1) is 5.13. The Kier molecular flexibility index (Phi) is 1.98. The Hall–Kier alpha value is -1.25. The van der Waals surface area contributed by atoms with Crippen molar-refractivity contribution in [2.45, 2.75) is 0 Å². The summed E-state index contributed by atoms with van der Waals surface area (Å²) in [5.74, 6) is -2.59. The Bertz CT molecular complexity index is 274. The molecule has 1 rings (SSSR count). The molecule has 0 aliphatic carbocycles. The minimum atomic E-state index is -0.870. The lowest BCUT2D eigenvalue weighted by atomic mass is 10.1. The van der Waals surface area contributed by atoms with Crippen molar-refractivity contribution in [1.29, 1.82) is 0 Å². The zero-order valence-corrected chi connectivity index (χ0v) is 5.60. The molecule has 0 aromatic heterocycles. The Morgan fingerprint density at radius 2 is 1.73 bits per heavy atom. The number of carbonyl (C=O) groups is 1. The second-order valence-corrected chi connectivity index (χ2v) is 2.02. The molecule has 1 aromatic carbocycles. The van der Waals surface area contributed by atoms with E-state index >= 15 is 0 Å². The van der Waals surface area contributed by atoms with E-state index in [4.69, 9.17) is 0 Å². The van der Waals surface area contributed by atoms with Crippen LogP contribution in [-0.2, 0) is 0 Å². The van der Waals surface area contributed by atoms with Gasteiger partial charge in [0, 0.05) is 6.92 Å². The van der Waals surface area contributed by atoms with Crippen LogP contribution in [0, 0.1) is 18.6 Å². The maximum Gasteiger partial charge on any atom is 0.169 e. The number of rotatable bonds is 1. The number of hydrogen-bond donors (Lipinski definition) is 0. The molecule has 0 amide bonds. The number of hydrogen-bond acceptors (Lipinski definition) is 1. The molecule has 0 N–H and O–H groups in total. The van der Waals surface area contributed by atoms with Crippen LogP contribution in [0.15, 0.2) is 18.2 Å². The average Bonchev–Trinajstić information content (AvgIpc) is 1.85. The van der Waals surface area contributed by atoms with E-state index in [9.17, 15) is 13.6 Å². The smallest absolute Gasteiger partial charge is 0.169 e. The normalized spacial score (nSPS) is 9.73. The summed E-state index contributed by atoms with van der Waals surface area (Å²) in [6.07, 6.45) is 0. The molecule has 0 fully saturated rings. The van der Waals surface area contributed by atoms with E-state index in [-0.39, 0.29) is 0 Å². The second kappa shape index (κ2) is 2.78. The lowest BCUT2D eigenvalue weighted by molar-refractivity contribution is 0.103. The summed E-state index contributed by atoms with van der Waals surface area (Å²) in [6.45, 7) is 2.91. The summed E-state index contributed by atoms with van der Waals surface area (Å²) in [5.41, 5.74) is -0.576. The fraction of sp³-hybridized carbons (Fsp3) is 0. The predicted octanol–water partition coefficient (Wildman–Crippen LogP) is 1.98. The van der Waals surface area contributed by atoms with Gasteiger partial charge in [-0.3, -0.25) is 4.79 Å².